The Bertz CT molecular complexity index is 1200. The van der Waals surface area contributed by atoms with E-state index in [1.807, 2.05) is 0 Å². The van der Waals surface area contributed by atoms with Gasteiger partial charge < -0.3 is 5.21 Å². The maximum atomic E-state index is 15.0. The Morgan fingerprint density at radius 3 is 2.81 bits per heavy atom. The van der Waals surface area contributed by atoms with E-state index in [1.165, 1.54) is 16.8 Å². The van der Waals surface area contributed by atoms with Gasteiger partial charge >= 0.3 is 0 Å². The Hall–Kier alpha value is -3.49. The van der Waals surface area contributed by atoms with Gasteiger partial charge in [-0.25, -0.2) is 8.78 Å². The van der Waals surface area contributed by atoms with E-state index in [-0.39, 0.29) is 22.3 Å². The van der Waals surface area contributed by atoms with Gasteiger partial charge in [0.15, 0.2) is 11.5 Å². The third-order valence-electron chi connectivity index (χ3n) is 4.46. The van der Waals surface area contributed by atoms with Crippen molar-refractivity contribution < 1.29 is 14.0 Å². The molecule has 1 aromatic carbocycles. The van der Waals surface area contributed by atoms with Crippen LogP contribution in [0.4, 0.5) is 8.78 Å². The lowest BCUT2D eigenvalue weighted by Crippen LogP contribution is -2.11. The molecule has 136 valence electrons. The van der Waals surface area contributed by atoms with Crippen molar-refractivity contribution in [3.63, 3.8) is 0 Å². The lowest BCUT2D eigenvalue weighted by Gasteiger charge is -2.14. The van der Waals surface area contributed by atoms with Crippen LogP contribution in [0.1, 0.15) is 36.8 Å². The van der Waals surface area contributed by atoms with Crippen molar-refractivity contribution >= 4 is 22.3 Å². The van der Waals surface area contributed by atoms with E-state index >= 15 is 4.39 Å². The molecule has 1 unspecified atom stereocenters. The zero-order valence-electron chi connectivity index (χ0n) is 14.4. The topological polar surface area (TPSA) is 88.6 Å². The molecule has 0 spiro atoms. The quantitative estimate of drug-likeness (QED) is 0.340. The number of aromatic nitrogens is 5. The van der Waals surface area contributed by atoms with Gasteiger partial charge in [0.1, 0.15) is 23.0 Å². The third kappa shape index (κ3) is 2.67. The Balaban J connectivity index is 1.91. The first kappa shape index (κ1) is 17.0. The molecule has 0 amide bonds. The van der Waals surface area contributed by atoms with Gasteiger partial charge in [-0.3, -0.25) is 4.98 Å². The van der Waals surface area contributed by atoms with Gasteiger partial charge in [0.2, 0.25) is 0 Å². The van der Waals surface area contributed by atoms with Crippen LogP contribution in [0, 0.1) is 11.6 Å². The molecule has 4 rings (SSSR count). The number of benzene rings is 1. The molecule has 1 atom stereocenters. The summed E-state index contributed by atoms with van der Waals surface area (Å²) in [5.74, 6) is -1.91. The van der Waals surface area contributed by atoms with Crippen LogP contribution < -0.4 is 0 Å². The van der Waals surface area contributed by atoms with Gasteiger partial charge in [0, 0.05) is 29.1 Å². The smallest absolute Gasteiger partial charge is 0.177 e. The van der Waals surface area contributed by atoms with Crippen LogP contribution >= 0.6 is 0 Å². The summed E-state index contributed by atoms with van der Waals surface area (Å²) < 4.78 is 31.1. The highest BCUT2D eigenvalue weighted by Gasteiger charge is 2.25. The molecule has 0 fully saturated rings. The first-order chi connectivity index (χ1) is 13.0. The lowest BCUT2D eigenvalue weighted by atomic mass is 9.97. The van der Waals surface area contributed by atoms with E-state index in [0.717, 1.165) is 0 Å². The molecule has 0 aliphatic heterocycles. The molecular formula is C18H14F2N6O. The van der Waals surface area contributed by atoms with Gasteiger partial charge in [-0.2, -0.15) is 9.61 Å². The predicted octanol–water partition coefficient (Wildman–Crippen LogP) is 3.30. The lowest BCUT2D eigenvalue weighted by molar-refractivity contribution is 0.319. The molecule has 0 radical (unpaired) electrons. The Kier molecular flexibility index (Phi) is 3.98. The van der Waals surface area contributed by atoms with Crippen molar-refractivity contribution in [2.45, 2.75) is 19.8 Å². The summed E-state index contributed by atoms with van der Waals surface area (Å²) in [6.45, 7) is 3.21. The molecule has 0 bridgehead atoms. The van der Waals surface area contributed by atoms with E-state index in [0.29, 0.717) is 17.1 Å². The largest absolute Gasteiger partial charge is 0.411 e. The highest BCUT2D eigenvalue weighted by atomic mass is 19.1. The molecule has 0 saturated heterocycles. The monoisotopic (exact) mass is 368 g/mol. The van der Waals surface area contributed by atoms with E-state index < -0.39 is 17.6 Å². The summed E-state index contributed by atoms with van der Waals surface area (Å²) in [7, 11) is 0. The second kappa shape index (κ2) is 6.35. The highest BCUT2D eigenvalue weighted by molar-refractivity contribution is 5.96. The van der Waals surface area contributed by atoms with Crippen molar-refractivity contribution in [3.05, 3.63) is 65.2 Å². The molecule has 3 heterocycles. The van der Waals surface area contributed by atoms with Crippen LogP contribution in [0.2, 0.25) is 0 Å². The van der Waals surface area contributed by atoms with Crippen LogP contribution in [0.15, 0.2) is 41.7 Å². The van der Waals surface area contributed by atoms with Crippen molar-refractivity contribution in [3.8, 4) is 0 Å². The molecular weight excluding hydrogens is 354 g/mol. The van der Waals surface area contributed by atoms with Crippen molar-refractivity contribution in [2.75, 3.05) is 0 Å². The molecule has 27 heavy (non-hydrogen) atoms. The van der Waals surface area contributed by atoms with Gasteiger partial charge in [0.05, 0.1) is 5.52 Å². The fourth-order valence-electron chi connectivity index (χ4n) is 3.01. The molecule has 1 N–H and O–H groups in total. The zero-order chi connectivity index (χ0) is 19.1. The van der Waals surface area contributed by atoms with Crippen LogP contribution in [0.25, 0.3) is 16.6 Å². The van der Waals surface area contributed by atoms with E-state index in [9.17, 15) is 4.39 Å². The minimum absolute atomic E-state index is 0.135. The van der Waals surface area contributed by atoms with Crippen LogP contribution in [0.3, 0.4) is 0 Å². The number of halogens is 2. The van der Waals surface area contributed by atoms with E-state index in [2.05, 4.69) is 25.4 Å². The number of rotatable bonds is 3. The van der Waals surface area contributed by atoms with Crippen molar-refractivity contribution in [2.24, 2.45) is 5.16 Å². The summed E-state index contributed by atoms with van der Waals surface area (Å²) in [6.07, 6.45) is 1.48. The first-order valence-corrected chi connectivity index (χ1v) is 8.15. The normalized spacial score (nSPS) is 13.4. The maximum absolute atomic E-state index is 15.0. The molecule has 7 nitrogen and oxygen atoms in total. The minimum Gasteiger partial charge on any atom is -0.411 e. The van der Waals surface area contributed by atoms with Gasteiger partial charge in [-0.05, 0) is 31.2 Å². The van der Waals surface area contributed by atoms with Crippen LogP contribution in [0.5, 0.6) is 0 Å². The Morgan fingerprint density at radius 2 is 2.04 bits per heavy atom. The Labute approximate surface area is 152 Å². The van der Waals surface area contributed by atoms with E-state index in [4.69, 9.17) is 5.21 Å². The number of pyridine rings is 1. The van der Waals surface area contributed by atoms with E-state index in [1.54, 1.807) is 38.1 Å². The second-order valence-electron chi connectivity index (χ2n) is 6.11. The number of fused-ring (bicyclic) bond motifs is 2. The fraction of sp³-hybridized carbons (Fsp3) is 0.167. The van der Waals surface area contributed by atoms with Crippen LogP contribution in [-0.2, 0) is 0 Å². The number of hydrogen-bond donors (Lipinski definition) is 1. The van der Waals surface area contributed by atoms with Gasteiger partial charge in [-0.15, -0.1) is 10.2 Å². The SMILES string of the molecule is C/C(=N\O)c1ccc2nnc(C(C)c3c(F)cc4ncccc4c3F)n2n1. The van der Waals surface area contributed by atoms with Crippen molar-refractivity contribution in [1.29, 1.82) is 0 Å². The van der Waals surface area contributed by atoms with Gasteiger partial charge in [-0.1, -0.05) is 12.1 Å². The first-order valence-electron chi connectivity index (χ1n) is 8.15. The molecule has 3 aromatic heterocycles. The summed E-state index contributed by atoms with van der Waals surface area (Å²) in [4.78, 5) is 3.99. The highest BCUT2D eigenvalue weighted by Crippen LogP contribution is 2.31. The summed E-state index contributed by atoms with van der Waals surface area (Å²) in [5.41, 5.74) is 1.20. The molecule has 4 aromatic rings. The Morgan fingerprint density at radius 1 is 1.22 bits per heavy atom. The second-order valence-corrected chi connectivity index (χ2v) is 6.11. The number of nitrogens with zero attached hydrogens (tertiary/aromatic N) is 6. The molecule has 9 heteroatoms. The predicted molar refractivity (Wildman–Crippen MR) is 94.0 cm³/mol. The third-order valence-corrected chi connectivity index (χ3v) is 4.46. The molecule has 0 saturated carbocycles. The maximum Gasteiger partial charge on any atom is 0.177 e. The average molecular weight is 368 g/mol. The summed E-state index contributed by atoms with van der Waals surface area (Å²) in [6, 6.07) is 7.60. The summed E-state index contributed by atoms with van der Waals surface area (Å²) >= 11 is 0. The minimum atomic E-state index is -0.765. The van der Waals surface area contributed by atoms with Gasteiger partial charge in [0.25, 0.3) is 0 Å². The standard InChI is InChI=1S/C18H14F2N6O/c1-9(16-12(19)8-14-11(17(16)20)4-3-7-21-14)18-23-22-15-6-5-13(10(2)25-27)24-26(15)18/h3-9,27H,1-2H3/b25-10+. The fourth-order valence-corrected chi connectivity index (χ4v) is 3.01. The molecule has 0 aliphatic carbocycles. The summed E-state index contributed by atoms with van der Waals surface area (Å²) in [5, 5.41) is 24.7. The molecule has 0 aliphatic rings. The average Bonchev–Trinajstić information content (AvgIpc) is 3.10. The number of hydrogen-bond acceptors (Lipinski definition) is 6. The van der Waals surface area contributed by atoms with Crippen molar-refractivity contribution in [1.82, 2.24) is 24.8 Å². The van der Waals surface area contributed by atoms with Crippen LogP contribution in [-0.4, -0.2) is 35.7 Å². The number of oxime groups is 1. The zero-order valence-corrected chi connectivity index (χ0v) is 14.4.